The minimum atomic E-state index is -0.908. The number of carboxylic acids is 1. The van der Waals surface area contributed by atoms with E-state index in [1.807, 2.05) is 38.1 Å². The number of aliphatic carboxylic acids is 1. The second kappa shape index (κ2) is 10.5. The van der Waals surface area contributed by atoms with E-state index in [9.17, 15) is 19.5 Å². The minimum absolute atomic E-state index is 0.000111. The van der Waals surface area contributed by atoms with Crippen molar-refractivity contribution in [3.63, 3.8) is 0 Å². The molecule has 186 valence electrons. The van der Waals surface area contributed by atoms with E-state index >= 15 is 0 Å². The highest BCUT2D eigenvalue weighted by atomic mass is 16.5. The summed E-state index contributed by atoms with van der Waals surface area (Å²) in [7, 11) is 0. The molecular weight excluding hydrogens is 444 g/mol. The Labute approximate surface area is 206 Å². The fraction of sp³-hybridized carbons (Fsp3) is 0.464. The van der Waals surface area contributed by atoms with Crippen LogP contribution >= 0.6 is 0 Å². The third-order valence-electron chi connectivity index (χ3n) is 7.38. The third kappa shape index (κ3) is 5.34. The Balaban J connectivity index is 1.28. The van der Waals surface area contributed by atoms with Crippen molar-refractivity contribution >= 4 is 18.0 Å². The first-order valence-electron chi connectivity index (χ1n) is 12.4. The van der Waals surface area contributed by atoms with Crippen molar-refractivity contribution in [2.24, 2.45) is 17.8 Å². The monoisotopic (exact) mass is 478 g/mol. The molecule has 2 aromatic carbocycles. The van der Waals surface area contributed by atoms with Crippen LogP contribution in [0.2, 0.25) is 0 Å². The molecule has 35 heavy (non-hydrogen) atoms. The SMILES string of the molecule is CC(C)C(C(=O)O)C(C)NC(=O)[C@H]1CC[C@@H](NC(=O)OCC2c3ccccc3-c3ccccc32)C1. The number of carbonyl (C=O) groups is 3. The lowest BCUT2D eigenvalue weighted by molar-refractivity contribution is -0.144. The minimum Gasteiger partial charge on any atom is -0.481 e. The van der Waals surface area contributed by atoms with Gasteiger partial charge in [0.15, 0.2) is 0 Å². The summed E-state index contributed by atoms with van der Waals surface area (Å²) in [6.45, 7) is 5.66. The van der Waals surface area contributed by atoms with Crippen molar-refractivity contribution in [1.29, 1.82) is 0 Å². The number of hydrogen-bond acceptors (Lipinski definition) is 4. The van der Waals surface area contributed by atoms with Crippen LogP contribution in [0.5, 0.6) is 0 Å². The maximum atomic E-state index is 12.7. The van der Waals surface area contributed by atoms with Gasteiger partial charge in [-0.25, -0.2) is 4.79 Å². The smallest absolute Gasteiger partial charge is 0.407 e. The third-order valence-corrected chi connectivity index (χ3v) is 7.38. The summed E-state index contributed by atoms with van der Waals surface area (Å²) in [5, 5.41) is 15.2. The summed E-state index contributed by atoms with van der Waals surface area (Å²) in [5.74, 6) is -2.04. The van der Waals surface area contributed by atoms with Gasteiger partial charge < -0.3 is 20.5 Å². The van der Waals surface area contributed by atoms with E-state index in [2.05, 4.69) is 34.9 Å². The molecule has 1 fully saturated rings. The number of hydrogen-bond donors (Lipinski definition) is 3. The van der Waals surface area contributed by atoms with Gasteiger partial charge in [-0.3, -0.25) is 9.59 Å². The van der Waals surface area contributed by atoms with Gasteiger partial charge in [0, 0.05) is 23.9 Å². The van der Waals surface area contributed by atoms with Crippen molar-refractivity contribution in [1.82, 2.24) is 10.6 Å². The maximum Gasteiger partial charge on any atom is 0.407 e. The van der Waals surface area contributed by atoms with Gasteiger partial charge >= 0.3 is 12.1 Å². The number of carboxylic acid groups (broad SMARTS) is 1. The van der Waals surface area contributed by atoms with Gasteiger partial charge in [0.25, 0.3) is 0 Å². The number of amides is 2. The van der Waals surface area contributed by atoms with Crippen LogP contribution in [0.25, 0.3) is 11.1 Å². The Hall–Kier alpha value is -3.35. The summed E-state index contributed by atoms with van der Waals surface area (Å²) in [5.41, 5.74) is 4.68. The van der Waals surface area contributed by atoms with Crippen molar-refractivity contribution in [2.45, 2.75) is 58.0 Å². The summed E-state index contributed by atoms with van der Waals surface area (Å²) >= 11 is 0. The van der Waals surface area contributed by atoms with Crippen LogP contribution < -0.4 is 10.6 Å². The Morgan fingerprint density at radius 2 is 1.57 bits per heavy atom. The first kappa shape index (κ1) is 24.8. The van der Waals surface area contributed by atoms with E-state index in [1.165, 1.54) is 11.1 Å². The molecule has 0 saturated heterocycles. The van der Waals surface area contributed by atoms with Gasteiger partial charge in [-0.15, -0.1) is 0 Å². The number of benzene rings is 2. The van der Waals surface area contributed by atoms with E-state index < -0.39 is 24.0 Å². The molecular formula is C28H34N2O5. The summed E-state index contributed by atoms with van der Waals surface area (Å²) < 4.78 is 5.63. The normalized spacial score (nSPS) is 20.6. The Morgan fingerprint density at radius 1 is 0.971 bits per heavy atom. The van der Waals surface area contributed by atoms with Gasteiger partial charge in [-0.1, -0.05) is 62.4 Å². The lowest BCUT2D eigenvalue weighted by Crippen LogP contribution is -2.45. The second-order valence-electron chi connectivity index (χ2n) is 10.1. The topological polar surface area (TPSA) is 105 Å². The molecule has 2 amide bonds. The van der Waals surface area contributed by atoms with E-state index in [0.29, 0.717) is 19.3 Å². The van der Waals surface area contributed by atoms with Gasteiger partial charge in [-0.2, -0.15) is 0 Å². The van der Waals surface area contributed by atoms with Crippen molar-refractivity contribution < 1.29 is 24.2 Å². The van der Waals surface area contributed by atoms with Crippen LogP contribution in [0.3, 0.4) is 0 Å². The van der Waals surface area contributed by atoms with Crippen LogP contribution in [-0.2, 0) is 14.3 Å². The molecule has 2 aliphatic carbocycles. The number of alkyl carbamates (subject to hydrolysis) is 1. The van der Waals surface area contributed by atoms with Crippen LogP contribution in [0.1, 0.15) is 57.1 Å². The largest absolute Gasteiger partial charge is 0.481 e. The van der Waals surface area contributed by atoms with Crippen LogP contribution in [-0.4, -0.2) is 41.8 Å². The summed E-state index contributed by atoms with van der Waals surface area (Å²) in [6, 6.07) is 15.8. The van der Waals surface area contributed by atoms with Gasteiger partial charge in [0.05, 0.1) is 5.92 Å². The Bertz CT molecular complexity index is 1050. The fourth-order valence-electron chi connectivity index (χ4n) is 5.67. The van der Waals surface area contributed by atoms with E-state index in [4.69, 9.17) is 4.74 Å². The zero-order valence-corrected chi connectivity index (χ0v) is 20.5. The van der Waals surface area contributed by atoms with Crippen LogP contribution in [0.15, 0.2) is 48.5 Å². The number of rotatable bonds is 8. The lowest BCUT2D eigenvalue weighted by Gasteiger charge is -2.25. The fourth-order valence-corrected chi connectivity index (χ4v) is 5.67. The summed E-state index contributed by atoms with van der Waals surface area (Å²) in [4.78, 5) is 36.8. The predicted octanol–water partition coefficient (Wildman–Crippen LogP) is 4.56. The highest BCUT2D eigenvalue weighted by molar-refractivity contribution is 5.81. The van der Waals surface area contributed by atoms with Crippen LogP contribution in [0, 0.1) is 17.8 Å². The Morgan fingerprint density at radius 3 is 2.14 bits per heavy atom. The van der Waals surface area contributed by atoms with Crippen molar-refractivity contribution in [2.75, 3.05) is 6.61 Å². The highest BCUT2D eigenvalue weighted by Crippen LogP contribution is 2.44. The maximum absolute atomic E-state index is 12.7. The van der Waals surface area contributed by atoms with Crippen LogP contribution in [0.4, 0.5) is 4.79 Å². The molecule has 0 radical (unpaired) electrons. The first-order chi connectivity index (χ1) is 16.8. The van der Waals surface area contributed by atoms with Crippen molar-refractivity contribution in [3.05, 3.63) is 59.7 Å². The predicted molar refractivity (Wildman–Crippen MR) is 133 cm³/mol. The molecule has 4 rings (SSSR count). The Kier molecular flexibility index (Phi) is 7.43. The number of fused-ring (bicyclic) bond motifs is 3. The average Bonchev–Trinajstić information content (AvgIpc) is 3.40. The van der Waals surface area contributed by atoms with Gasteiger partial charge in [0.2, 0.25) is 5.91 Å². The second-order valence-corrected chi connectivity index (χ2v) is 10.1. The summed E-state index contributed by atoms with van der Waals surface area (Å²) in [6.07, 6.45) is 1.37. The van der Waals surface area contributed by atoms with E-state index in [0.717, 1.165) is 11.1 Å². The molecule has 0 bridgehead atoms. The molecule has 0 aromatic heterocycles. The zero-order valence-electron chi connectivity index (χ0n) is 20.5. The lowest BCUT2D eigenvalue weighted by atomic mass is 9.89. The molecule has 1 saturated carbocycles. The molecule has 0 heterocycles. The standard InChI is InChI=1S/C28H34N2O5/c1-16(2)25(27(32)33)17(3)29-26(31)18-12-13-19(14-18)30-28(34)35-15-24-22-10-6-4-8-20(22)21-9-5-7-11-23(21)24/h4-11,16-19,24-25H,12-15H2,1-3H3,(H,29,31)(H,30,34)(H,32,33)/t17?,18-,19+,25?/m0/s1. The van der Waals surface area contributed by atoms with Crippen molar-refractivity contribution in [3.8, 4) is 11.1 Å². The molecule has 0 spiro atoms. The molecule has 7 heteroatoms. The molecule has 3 N–H and O–H groups in total. The van der Waals surface area contributed by atoms with Gasteiger partial charge in [0.1, 0.15) is 6.61 Å². The van der Waals surface area contributed by atoms with E-state index in [-0.39, 0.29) is 36.3 Å². The number of carbonyl (C=O) groups excluding carboxylic acids is 2. The molecule has 7 nitrogen and oxygen atoms in total. The van der Waals surface area contributed by atoms with Gasteiger partial charge in [-0.05, 0) is 54.4 Å². The van der Waals surface area contributed by atoms with E-state index in [1.54, 1.807) is 6.92 Å². The molecule has 2 aliphatic rings. The number of ether oxygens (including phenoxy) is 1. The zero-order chi connectivity index (χ0) is 25.1. The molecule has 4 atom stereocenters. The first-order valence-corrected chi connectivity index (χ1v) is 12.4. The molecule has 0 aliphatic heterocycles. The highest BCUT2D eigenvalue weighted by Gasteiger charge is 2.35. The quantitative estimate of drug-likeness (QED) is 0.516. The number of nitrogens with one attached hydrogen (secondary N) is 2. The molecule has 2 aromatic rings. The average molecular weight is 479 g/mol. The molecule has 2 unspecified atom stereocenters.